The third kappa shape index (κ3) is 3.68. The number of piperazine rings is 1. The molecule has 0 spiro atoms. The van der Waals surface area contributed by atoms with E-state index in [2.05, 4.69) is 15.8 Å². The first-order valence-electron chi connectivity index (χ1n) is 9.58. The maximum absolute atomic E-state index is 13.2. The largest absolute Gasteiger partial charge is 0.495 e. The van der Waals surface area contributed by atoms with Crippen molar-refractivity contribution >= 4 is 11.6 Å². The summed E-state index contributed by atoms with van der Waals surface area (Å²) in [6.45, 7) is 3.43. The number of amides is 1. The van der Waals surface area contributed by atoms with Crippen molar-refractivity contribution in [1.29, 1.82) is 0 Å². The Bertz CT molecular complexity index is 821. The highest BCUT2D eigenvalue weighted by Crippen LogP contribution is 2.30. The van der Waals surface area contributed by atoms with Gasteiger partial charge in [-0.05, 0) is 29.8 Å². The van der Waals surface area contributed by atoms with Crippen molar-refractivity contribution in [1.82, 2.24) is 15.8 Å². The Morgan fingerprint density at radius 1 is 1.07 bits per heavy atom. The van der Waals surface area contributed by atoms with Gasteiger partial charge in [0.15, 0.2) is 0 Å². The number of nitrogens with zero attached hydrogens (tertiary/aromatic N) is 2. The van der Waals surface area contributed by atoms with Crippen LogP contribution in [0.15, 0.2) is 48.5 Å². The van der Waals surface area contributed by atoms with Crippen LogP contribution in [0.4, 0.5) is 10.1 Å². The number of rotatable bonds is 4. The Morgan fingerprint density at radius 2 is 1.79 bits per heavy atom. The maximum Gasteiger partial charge on any atom is 0.229 e. The molecule has 0 aliphatic carbocycles. The van der Waals surface area contributed by atoms with E-state index in [9.17, 15) is 9.18 Å². The fraction of sp³-hybridized carbons (Fsp3) is 0.381. The first-order chi connectivity index (χ1) is 13.7. The molecule has 4 rings (SSSR count). The van der Waals surface area contributed by atoms with Crippen molar-refractivity contribution in [2.24, 2.45) is 5.92 Å². The third-order valence-electron chi connectivity index (χ3n) is 5.55. The van der Waals surface area contributed by atoms with Crippen molar-refractivity contribution in [2.75, 3.05) is 44.7 Å². The molecule has 148 valence electrons. The summed E-state index contributed by atoms with van der Waals surface area (Å²) in [7, 11) is 1.67. The van der Waals surface area contributed by atoms with Gasteiger partial charge < -0.3 is 14.5 Å². The van der Waals surface area contributed by atoms with Crippen LogP contribution in [0.5, 0.6) is 5.75 Å². The number of nitrogens with one attached hydrogen (secondary N) is 2. The number of para-hydroxylation sites is 2. The Balaban J connectivity index is 1.41. The van der Waals surface area contributed by atoms with Gasteiger partial charge in [-0.1, -0.05) is 24.3 Å². The van der Waals surface area contributed by atoms with Crippen LogP contribution in [0.3, 0.4) is 0 Å². The van der Waals surface area contributed by atoms with Crippen molar-refractivity contribution in [2.45, 2.75) is 6.04 Å². The van der Waals surface area contributed by atoms with E-state index in [0.29, 0.717) is 19.6 Å². The highest BCUT2D eigenvalue weighted by molar-refractivity contribution is 5.81. The van der Waals surface area contributed by atoms with Crippen LogP contribution in [0.2, 0.25) is 0 Å². The summed E-state index contributed by atoms with van der Waals surface area (Å²) in [5.74, 6) is 0.502. The van der Waals surface area contributed by atoms with Crippen LogP contribution in [-0.2, 0) is 4.79 Å². The molecule has 2 aliphatic heterocycles. The zero-order valence-corrected chi connectivity index (χ0v) is 15.9. The predicted molar refractivity (Wildman–Crippen MR) is 106 cm³/mol. The van der Waals surface area contributed by atoms with E-state index in [4.69, 9.17) is 4.74 Å². The standard InChI is InChI=1S/C21H25FN4O2/c1-28-19-5-3-2-4-18(19)25-10-12-26(13-11-25)21(27)17-14-23-24-20(17)15-6-8-16(22)9-7-15/h2-9,17,20,23-24H,10-14H2,1H3. The van der Waals surface area contributed by atoms with Gasteiger partial charge in [0.05, 0.1) is 24.8 Å². The zero-order chi connectivity index (χ0) is 19.5. The van der Waals surface area contributed by atoms with Gasteiger partial charge in [0.25, 0.3) is 0 Å². The Labute approximate surface area is 164 Å². The van der Waals surface area contributed by atoms with Gasteiger partial charge in [-0.25, -0.2) is 9.82 Å². The van der Waals surface area contributed by atoms with Crippen LogP contribution < -0.4 is 20.5 Å². The highest BCUT2D eigenvalue weighted by atomic mass is 19.1. The van der Waals surface area contributed by atoms with Crippen molar-refractivity contribution in [3.8, 4) is 5.75 Å². The van der Waals surface area contributed by atoms with E-state index in [1.165, 1.54) is 12.1 Å². The van der Waals surface area contributed by atoms with Crippen molar-refractivity contribution in [3.63, 3.8) is 0 Å². The number of hydrazine groups is 1. The molecule has 2 aromatic rings. The number of hydrogen-bond donors (Lipinski definition) is 2. The van der Waals surface area contributed by atoms with Gasteiger partial charge in [0.1, 0.15) is 11.6 Å². The van der Waals surface area contributed by atoms with Gasteiger partial charge in [-0.3, -0.25) is 10.2 Å². The van der Waals surface area contributed by atoms with E-state index in [-0.39, 0.29) is 23.7 Å². The van der Waals surface area contributed by atoms with Crippen molar-refractivity contribution < 1.29 is 13.9 Å². The molecule has 0 saturated carbocycles. The molecule has 6 nitrogen and oxygen atoms in total. The summed E-state index contributed by atoms with van der Waals surface area (Å²) >= 11 is 0. The number of benzene rings is 2. The molecule has 0 radical (unpaired) electrons. The SMILES string of the molecule is COc1ccccc1N1CCN(C(=O)C2CNNC2c2ccc(F)cc2)CC1. The molecule has 2 atom stereocenters. The van der Waals surface area contributed by atoms with Gasteiger partial charge in [0, 0.05) is 32.7 Å². The number of anilines is 1. The zero-order valence-electron chi connectivity index (χ0n) is 15.9. The van der Waals surface area contributed by atoms with E-state index in [1.807, 2.05) is 29.2 Å². The smallest absolute Gasteiger partial charge is 0.229 e. The summed E-state index contributed by atoms with van der Waals surface area (Å²) in [5.41, 5.74) is 8.23. The summed E-state index contributed by atoms with van der Waals surface area (Å²) in [6.07, 6.45) is 0. The molecule has 2 aromatic carbocycles. The monoisotopic (exact) mass is 384 g/mol. The summed E-state index contributed by atoms with van der Waals surface area (Å²) < 4.78 is 18.7. The lowest BCUT2D eigenvalue weighted by Gasteiger charge is -2.38. The lowest BCUT2D eigenvalue weighted by molar-refractivity contribution is -0.135. The Morgan fingerprint density at radius 3 is 2.50 bits per heavy atom. The fourth-order valence-corrected chi connectivity index (χ4v) is 4.01. The number of ether oxygens (including phenoxy) is 1. The van der Waals surface area contributed by atoms with E-state index in [1.54, 1.807) is 19.2 Å². The lowest BCUT2D eigenvalue weighted by atomic mass is 9.93. The average Bonchev–Trinajstić information content (AvgIpc) is 3.23. The molecule has 2 aliphatic rings. The van der Waals surface area contributed by atoms with E-state index in [0.717, 1.165) is 30.1 Å². The Hall–Kier alpha value is -2.64. The lowest BCUT2D eigenvalue weighted by Crippen LogP contribution is -2.51. The number of hydrogen-bond acceptors (Lipinski definition) is 5. The van der Waals surface area contributed by atoms with Crippen molar-refractivity contribution in [3.05, 3.63) is 59.9 Å². The van der Waals surface area contributed by atoms with Crippen LogP contribution in [0.1, 0.15) is 11.6 Å². The van der Waals surface area contributed by atoms with Gasteiger partial charge >= 0.3 is 0 Å². The molecular weight excluding hydrogens is 359 g/mol. The minimum absolute atomic E-state index is 0.131. The second kappa shape index (κ2) is 8.16. The minimum atomic E-state index is -0.273. The highest BCUT2D eigenvalue weighted by Gasteiger charge is 2.37. The molecule has 2 fully saturated rings. The van der Waals surface area contributed by atoms with E-state index >= 15 is 0 Å². The molecular formula is C21H25FN4O2. The summed E-state index contributed by atoms with van der Waals surface area (Å²) in [5, 5.41) is 0. The Kier molecular flexibility index (Phi) is 5.45. The molecule has 2 N–H and O–H groups in total. The summed E-state index contributed by atoms with van der Waals surface area (Å²) in [6, 6.07) is 14.1. The molecule has 1 amide bonds. The maximum atomic E-state index is 13.2. The molecule has 2 heterocycles. The van der Waals surface area contributed by atoms with Gasteiger partial charge in [-0.15, -0.1) is 0 Å². The first kappa shape index (κ1) is 18.7. The van der Waals surface area contributed by atoms with Crippen LogP contribution >= 0.6 is 0 Å². The summed E-state index contributed by atoms with van der Waals surface area (Å²) in [4.78, 5) is 17.3. The second-order valence-corrected chi connectivity index (χ2v) is 7.15. The molecule has 2 unspecified atom stereocenters. The fourth-order valence-electron chi connectivity index (χ4n) is 4.01. The number of methoxy groups -OCH3 is 1. The topological polar surface area (TPSA) is 56.8 Å². The van der Waals surface area contributed by atoms with Crippen LogP contribution in [0.25, 0.3) is 0 Å². The predicted octanol–water partition coefficient (Wildman–Crippen LogP) is 1.95. The molecule has 7 heteroatoms. The number of carbonyl (C=O) groups excluding carboxylic acids is 1. The van der Waals surface area contributed by atoms with Gasteiger partial charge in [-0.2, -0.15) is 0 Å². The average molecular weight is 384 g/mol. The number of halogens is 1. The molecule has 0 bridgehead atoms. The minimum Gasteiger partial charge on any atom is -0.495 e. The second-order valence-electron chi connectivity index (χ2n) is 7.15. The quantitative estimate of drug-likeness (QED) is 0.844. The molecule has 2 saturated heterocycles. The van der Waals surface area contributed by atoms with Gasteiger partial charge in [0.2, 0.25) is 5.91 Å². The van der Waals surface area contributed by atoms with Crippen LogP contribution in [0, 0.1) is 11.7 Å². The molecule has 28 heavy (non-hydrogen) atoms. The third-order valence-corrected chi connectivity index (χ3v) is 5.55. The normalized spacial score (nSPS) is 22.4. The number of carbonyl (C=O) groups is 1. The molecule has 0 aromatic heterocycles. The first-order valence-corrected chi connectivity index (χ1v) is 9.58. The van der Waals surface area contributed by atoms with E-state index < -0.39 is 0 Å². The van der Waals surface area contributed by atoms with Crippen LogP contribution in [-0.4, -0.2) is 50.6 Å².